The van der Waals surface area contributed by atoms with Crippen LogP contribution in [0.4, 0.5) is 0 Å². The number of hydrogen-bond donors (Lipinski definition) is 0. The molecule has 0 aliphatic heterocycles. The van der Waals surface area contributed by atoms with Crippen LogP contribution in [0, 0.1) is 5.21 Å². The summed E-state index contributed by atoms with van der Waals surface area (Å²) >= 11 is 0. The van der Waals surface area contributed by atoms with E-state index in [0.717, 1.165) is 15.7 Å². The van der Waals surface area contributed by atoms with Crippen molar-refractivity contribution < 1.29 is 14.3 Å². The van der Waals surface area contributed by atoms with Gasteiger partial charge >= 0.3 is 0 Å². The number of ether oxygens (including phenoxy) is 1. The van der Waals surface area contributed by atoms with Gasteiger partial charge in [0.15, 0.2) is 12.0 Å². The molecule has 0 saturated heterocycles. The first-order chi connectivity index (χ1) is 10.7. The number of para-hydroxylation sites is 1. The van der Waals surface area contributed by atoms with Crippen LogP contribution in [0.2, 0.25) is 0 Å². The number of hydrogen-bond acceptors (Lipinski definition) is 3. The lowest BCUT2D eigenvalue weighted by Gasteiger charge is -2.07. The summed E-state index contributed by atoms with van der Waals surface area (Å²) in [5, 5.41) is 12.8. The van der Waals surface area contributed by atoms with Gasteiger partial charge in [-0.15, -0.1) is 0 Å². The number of carbonyl (C=O) groups is 1. The maximum Gasteiger partial charge on any atom is 0.227 e. The van der Waals surface area contributed by atoms with Crippen molar-refractivity contribution in [2.75, 3.05) is 7.11 Å². The summed E-state index contributed by atoms with van der Waals surface area (Å²) in [4.78, 5) is 12.4. The van der Waals surface area contributed by atoms with Gasteiger partial charge in [-0.05, 0) is 36.4 Å². The van der Waals surface area contributed by atoms with Gasteiger partial charge in [-0.25, -0.2) is 0 Å². The van der Waals surface area contributed by atoms with Crippen molar-refractivity contribution in [3.63, 3.8) is 0 Å². The highest BCUT2D eigenvalue weighted by atomic mass is 16.5. The molecule has 0 radical (unpaired) electrons. The normalized spacial score (nSPS) is 10.6. The number of nitrogens with zero attached hydrogens (tertiary/aromatic N) is 1. The predicted molar refractivity (Wildman–Crippen MR) is 83.9 cm³/mol. The Bertz CT molecular complexity index is 820. The summed E-state index contributed by atoms with van der Waals surface area (Å²) in [5.74, 6) is 0.679. The average molecular weight is 293 g/mol. The Morgan fingerprint density at radius 1 is 1.09 bits per heavy atom. The van der Waals surface area contributed by atoms with Crippen molar-refractivity contribution in [3.8, 4) is 5.75 Å². The maximum absolute atomic E-state index is 12.4. The summed E-state index contributed by atoms with van der Waals surface area (Å²) in [5.41, 5.74) is 1.88. The number of fused-ring (bicyclic) bond motifs is 1. The van der Waals surface area contributed by atoms with Crippen LogP contribution in [0.3, 0.4) is 0 Å². The van der Waals surface area contributed by atoms with Crippen LogP contribution < -0.4 is 9.47 Å². The van der Waals surface area contributed by atoms with E-state index in [4.69, 9.17) is 4.74 Å². The molecule has 4 nitrogen and oxygen atoms in total. The zero-order valence-corrected chi connectivity index (χ0v) is 12.2. The molecule has 0 aliphatic carbocycles. The van der Waals surface area contributed by atoms with Crippen molar-refractivity contribution in [3.05, 3.63) is 77.1 Å². The summed E-state index contributed by atoms with van der Waals surface area (Å²) in [6, 6.07) is 16.1. The van der Waals surface area contributed by atoms with E-state index in [9.17, 15) is 10.0 Å². The zero-order valence-electron chi connectivity index (χ0n) is 12.2. The van der Waals surface area contributed by atoms with Gasteiger partial charge in [-0.1, -0.05) is 12.1 Å². The number of pyridine rings is 1. The number of benzene rings is 2. The van der Waals surface area contributed by atoms with Crippen LogP contribution in [0.5, 0.6) is 5.75 Å². The van der Waals surface area contributed by atoms with Gasteiger partial charge in [-0.3, -0.25) is 4.79 Å². The lowest BCUT2D eigenvalue weighted by atomic mass is 10.0. The first kappa shape index (κ1) is 14.1. The van der Waals surface area contributed by atoms with Gasteiger partial charge in [0.1, 0.15) is 5.75 Å². The van der Waals surface area contributed by atoms with Crippen LogP contribution in [0.15, 0.2) is 60.8 Å². The molecule has 0 N–H and O–H groups in total. The summed E-state index contributed by atoms with van der Waals surface area (Å²) < 4.78 is 5.90. The summed E-state index contributed by atoms with van der Waals surface area (Å²) in [6.45, 7) is 0. The van der Waals surface area contributed by atoms with Gasteiger partial charge in [0.2, 0.25) is 5.52 Å². The molecule has 0 aliphatic rings. The molecule has 2 aromatic carbocycles. The molecule has 4 heteroatoms. The fourth-order valence-corrected chi connectivity index (χ4v) is 2.51. The second-order valence-corrected chi connectivity index (χ2v) is 5.02. The Hall–Kier alpha value is -2.88. The third-order valence-electron chi connectivity index (χ3n) is 3.63. The third kappa shape index (κ3) is 2.63. The number of Topliss-reactive ketones (excluding diaryl/α,β-unsaturated/α-hetero) is 1. The zero-order chi connectivity index (χ0) is 15.5. The van der Waals surface area contributed by atoms with Gasteiger partial charge in [-0.2, -0.15) is 4.73 Å². The highest BCUT2D eigenvalue weighted by Crippen LogP contribution is 2.18. The Balaban J connectivity index is 1.94. The van der Waals surface area contributed by atoms with Crippen LogP contribution in [0.1, 0.15) is 15.9 Å². The number of rotatable bonds is 4. The van der Waals surface area contributed by atoms with Crippen LogP contribution in [0.25, 0.3) is 10.9 Å². The molecule has 0 amide bonds. The van der Waals surface area contributed by atoms with Crippen LogP contribution in [-0.2, 0) is 6.42 Å². The minimum atomic E-state index is -0.0287. The molecular weight excluding hydrogens is 278 g/mol. The Morgan fingerprint density at radius 2 is 1.82 bits per heavy atom. The van der Waals surface area contributed by atoms with E-state index in [0.29, 0.717) is 16.8 Å². The summed E-state index contributed by atoms with van der Waals surface area (Å²) in [7, 11) is 1.58. The lowest BCUT2D eigenvalue weighted by Crippen LogP contribution is -2.27. The topological polar surface area (TPSA) is 53.2 Å². The first-order valence-corrected chi connectivity index (χ1v) is 6.96. The molecule has 1 heterocycles. The molecule has 22 heavy (non-hydrogen) atoms. The smallest absolute Gasteiger partial charge is 0.227 e. The number of carbonyl (C=O) groups excluding carboxylic acids is 1. The van der Waals surface area contributed by atoms with Crippen molar-refractivity contribution in [1.29, 1.82) is 0 Å². The van der Waals surface area contributed by atoms with Gasteiger partial charge in [0.25, 0.3) is 0 Å². The second kappa shape index (κ2) is 5.85. The van der Waals surface area contributed by atoms with E-state index >= 15 is 0 Å². The lowest BCUT2D eigenvalue weighted by molar-refractivity contribution is -0.577. The molecule has 0 saturated carbocycles. The molecule has 0 bridgehead atoms. The van der Waals surface area contributed by atoms with Gasteiger partial charge in [0.05, 0.1) is 7.11 Å². The molecule has 0 spiro atoms. The molecule has 110 valence electrons. The minimum Gasteiger partial charge on any atom is -0.618 e. The van der Waals surface area contributed by atoms with E-state index < -0.39 is 0 Å². The van der Waals surface area contributed by atoms with Crippen molar-refractivity contribution in [1.82, 2.24) is 0 Å². The highest BCUT2D eigenvalue weighted by Gasteiger charge is 2.14. The fraction of sp³-hybridized carbons (Fsp3) is 0.111. The monoisotopic (exact) mass is 293 g/mol. The van der Waals surface area contributed by atoms with Gasteiger partial charge in [0, 0.05) is 29.0 Å². The molecule has 0 fully saturated rings. The molecule has 3 aromatic rings. The minimum absolute atomic E-state index is 0.0287. The van der Waals surface area contributed by atoms with Crippen LogP contribution in [-0.4, -0.2) is 12.9 Å². The highest BCUT2D eigenvalue weighted by molar-refractivity contribution is 5.99. The third-order valence-corrected chi connectivity index (χ3v) is 3.63. The summed E-state index contributed by atoms with van der Waals surface area (Å²) in [6.07, 6.45) is 1.64. The standard InChI is InChI=1S/C18H15NO3/c1-22-16-9-7-13(8-10-16)17(20)12-15-5-2-4-14-6-3-11-19(21)18(14)15/h2-11H,12H2,1H3. The number of ketones is 1. The quantitative estimate of drug-likeness (QED) is 0.422. The average Bonchev–Trinajstić information content (AvgIpc) is 2.55. The van der Waals surface area contributed by atoms with Crippen LogP contribution >= 0.6 is 0 Å². The second-order valence-electron chi connectivity index (χ2n) is 5.02. The van der Waals surface area contributed by atoms with Crippen molar-refractivity contribution in [2.24, 2.45) is 0 Å². The van der Waals surface area contributed by atoms with Gasteiger partial charge < -0.3 is 9.94 Å². The SMILES string of the molecule is COc1ccc(C(=O)Cc2cccc3ccc[n+]([O-])c23)cc1. The Morgan fingerprint density at radius 3 is 2.55 bits per heavy atom. The first-order valence-electron chi connectivity index (χ1n) is 6.96. The van der Waals surface area contributed by atoms with Crippen molar-refractivity contribution in [2.45, 2.75) is 6.42 Å². The van der Waals surface area contributed by atoms with E-state index in [1.54, 1.807) is 37.4 Å². The number of methoxy groups -OCH3 is 1. The largest absolute Gasteiger partial charge is 0.618 e. The van der Waals surface area contributed by atoms with E-state index in [-0.39, 0.29) is 12.2 Å². The molecular formula is C18H15NO3. The maximum atomic E-state index is 12.4. The molecule has 0 atom stereocenters. The number of aromatic nitrogens is 1. The fourth-order valence-electron chi connectivity index (χ4n) is 2.51. The Kier molecular flexibility index (Phi) is 3.74. The predicted octanol–water partition coefficient (Wildman–Crippen LogP) is 2.91. The Labute approximate surface area is 128 Å². The van der Waals surface area contributed by atoms with E-state index in [2.05, 4.69) is 0 Å². The van der Waals surface area contributed by atoms with E-state index in [1.807, 2.05) is 24.3 Å². The molecule has 3 rings (SSSR count). The van der Waals surface area contributed by atoms with Crippen molar-refractivity contribution >= 4 is 16.7 Å². The molecule has 0 unspecified atom stereocenters. The van der Waals surface area contributed by atoms with E-state index in [1.165, 1.54) is 6.20 Å². The molecule has 1 aromatic heterocycles.